The molecule has 0 aromatic rings. The number of rotatable bonds is 1. The molecule has 0 aromatic heterocycles. The van der Waals surface area contributed by atoms with Crippen LogP contribution in [0.5, 0.6) is 0 Å². The average Bonchev–Trinajstić information content (AvgIpc) is 2.93. The third kappa shape index (κ3) is 2.00. The fourth-order valence-electron chi connectivity index (χ4n) is 4.21. The highest BCUT2D eigenvalue weighted by atomic mass is 15.4. The number of aliphatic imine (C=N–C) groups is 2. The van der Waals surface area contributed by atoms with Crippen LogP contribution in [0.3, 0.4) is 0 Å². The van der Waals surface area contributed by atoms with Crippen LogP contribution in [-0.2, 0) is 0 Å². The lowest BCUT2D eigenvalue weighted by molar-refractivity contribution is 0.495. The molecule has 4 unspecified atom stereocenters. The van der Waals surface area contributed by atoms with Crippen LogP contribution in [-0.4, -0.2) is 42.0 Å². The van der Waals surface area contributed by atoms with Gasteiger partial charge in [0.25, 0.3) is 0 Å². The standard InChI is InChI=1S/C17H22N6/c1-11-5-4-6-12(9-11)19-15-14-13-10-18-22-17(13,14)21-16(20-15)23-7-2-3-8-23/h4,6,9,11,13-14H,2-3,5,7-8,10H2,1H3,(H,19,20,21). The van der Waals surface area contributed by atoms with Gasteiger partial charge in [-0.1, -0.05) is 19.1 Å². The summed E-state index contributed by atoms with van der Waals surface area (Å²) in [5, 5.41) is 12.3. The number of hydrogen-bond acceptors (Lipinski definition) is 6. The fourth-order valence-corrected chi connectivity index (χ4v) is 4.21. The Bertz CT molecular complexity index is 681. The van der Waals surface area contributed by atoms with Crippen LogP contribution in [0.4, 0.5) is 0 Å². The Hall–Kier alpha value is -1.98. The minimum Gasteiger partial charge on any atom is -0.344 e. The lowest BCUT2D eigenvalue weighted by Gasteiger charge is -2.24. The molecule has 5 aliphatic rings. The maximum Gasteiger partial charge on any atom is 0.224 e. The van der Waals surface area contributed by atoms with Crippen LogP contribution in [0.25, 0.3) is 0 Å². The zero-order valence-electron chi connectivity index (χ0n) is 13.4. The van der Waals surface area contributed by atoms with Gasteiger partial charge >= 0.3 is 0 Å². The molecule has 6 nitrogen and oxygen atoms in total. The van der Waals surface area contributed by atoms with Crippen molar-refractivity contribution in [3.8, 4) is 0 Å². The number of nitrogens with one attached hydrogen (secondary N) is 1. The molecule has 1 saturated heterocycles. The maximum atomic E-state index is 4.91. The lowest BCUT2D eigenvalue weighted by atomic mass is 10.0. The molecule has 2 aliphatic carbocycles. The van der Waals surface area contributed by atoms with Gasteiger partial charge in [0.2, 0.25) is 5.96 Å². The van der Waals surface area contributed by atoms with E-state index in [2.05, 4.69) is 45.6 Å². The highest BCUT2D eigenvalue weighted by molar-refractivity contribution is 6.03. The molecule has 1 spiro atoms. The SMILES string of the molecule is CC1C=C(NC2=NC(N3CCCC3)=NC34N=NCC3C24)C=CC1. The quantitative estimate of drug-likeness (QED) is 0.808. The van der Waals surface area contributed by atoms with Crippen LogP contribution in [0.2, 0.25) is 0 Å². The highest BCUT2D eigenvalue weighted by Crippen LogP contribution is 2.60. The van der Waals surface area contributed by atoms with Crippen LogP contribution in [0, 0.1) is 17.8 Å². The predicted molar refractivity (Wildman–Crippen MR) is 89.3 cm³/mol. The zero-order valence-corrected chi connectivity index (χ0v) is 13.4. The molecule has 0 aromatic carbocycles. The molecule has 4 atom stereocenters. The summed E-state index contributed by atoms with van der Waals surface area (Å²) in [5.41, 5.74) is 0.814. The second-order valence-corrected chi connectivity index (χ2v) is 7.26. The van der Waals surface area contributed by atoms with E-state index in [0.29, 0.717) is 11.8 Å². The first-order valence-electron chi connectivity index (χ1n) is 8.74. The van der Waals surface area contributed by atoms with Gasteiger partial charge in [0.15, 0.2) is 5.66 Å². The summed E-state index contributed by atoms with van der Waals surface area (Å²) in [4.78, 5) is 12.1. The Morgan fingerprint density at radius 2 is 2.17 bits per heavy atom. The van der Waals surface area contributed by atoms with Crippen molar-refractivity contribution < 1.29 is 0 Å². The Morgan fingerprint density at radius 3 is 3.00 bits per heavy atom. The average molecular weight is 310 g/mol. The minimum absolute atomic E-state index is 0.290. The topological polar surface area (TPSA) is 64.7 Å². The molecule has 3 heterocycles. The Labute approximate surface area is 136 Å². The van der Waals surface area contributed by atoms with Crippen LogP contribution in [0.1, 0.15) is 26.2 Å². The number of azo groups is 1. The van der Waals surface area contributed by atoms with E-state index < -0.39 is 0 Å². The summed E-state index contributed by atoms with van der Waals surface area (Å²) in [6.07, 6.45) is 10.2. The van der Waals surface area contributed by atoms with E-state index in [1.165, 1.54) is 12.8 Å². The normalized spacial score (nSPS) is 40.3. The molecule has 1 N–H and O–H groups in total. The first kappa shape index (κ1) is 13.5. The van der Waals surface area contributed by atoms with E-state index in [1.807, 2.05) is 0 Å². The molecule has 0 bridgehead atoms. The lowest BCUT2D eigenvalue weighted by Crippen LogP contribution is -2.37. The summed E-state index contributed by atoms with van der Waals surface area (Å²) in [6.45, 7) is 5.13. The van der Waals surface area contributed by atoms with E-state index >= 15 is 0 Å². The van der Waals surface area contributed by atoms with E-state index in [4.69, 9.17) is 9.98 Å². The second-order valence-electron chi connectivity index (χ2n) is 7.26. The largest absolute Gasteiger partial charge is 0.344 e. The van der Waals surface area contributed by atoms with Gasteiger partial charge in [-0.3, -0.25) is 0 Å². The van der Waals surface area contributed by atoms with Crippen molar-refractivity contribution in [2.75, 3.05) is 19.6 Å². The summed E-state index contributed by atoms with van der Waals surface area (Å²) >= 11 is 0. The van der Waals surface area contributed by atoms with Gasteiger partial charge in [0.1, 0.15) is 5.84 Å². The van der Waals surface area contributed by atoms with Gasteiger partial charge in [-0.05, 0) is 31.3 Å². The molecule has 0 amide bonds. The van der Waals surface area contributed by atoms with Gasteiger partial charge < -0.3 is 10.2 Å². The summed E-state index contributed by atoms with van der Waals surface area (Å²) in [6, 6.07) is 0. The van der Waals surface area contributed by atoms with Gasteiger partial charge in [-0.2, -0.15) is 15.2 Å². The number of guanidine groups is 1. The van der Waals surface area contributed by atoms with Crippen molar-refractivity contribution in [3.05, 3.63) is 23.9 Å². The predicted octanol–water partition coefficient (Wildman–Crippen LogP) is 2.33. The van der Waals surface area contributed by atoms with Gasteiger partial charge in [0, 0.05) is 24.7 Å². The number of nitrogens with zero attached hydrogens (tertiary/aromatic N) is 5. The van der Waals surface area contributed by atoms with Crippen molar-refractivity contribution in [2.24, 2.45) is 38.0 Å². The van der Waals surface area contributed by atoms with Gasteiger partial charge in [-0.15, -0.1) is 0 Å². The molecular weight excluding hydrogens is 288 g/mol. The molecule has 120 valence electrons. The zero-order chi connectivity index (χ0) is 15.4. The molecule has 3 aliphatic heterocycles. The van der Waals surface area contributed by atoms with Crippen molar-refractivity contribution in [2.45, 2.75) is 31.8 Å². The molecule has 6 heteroatoms. The van der Waals surface area contributed by atoms with E-state index in [-0.39, 0.29) is 11.6 Å². The number of allylic oxidation sites excluding steroid dienone is 3. The smallest absolute Gasteiger partial charge is 0.224 e. The van der Waals surface area contributed by atoms with E-state index in [9.17, 15) is 0 Å². The number of hydrogen-bond donors (Lipinski definition) is 1. The monoisotopic (exact) mass is 310 g/mol. The second kappa shape index (κ2) is 4.76. The first-order valence-corrected chi connectivity index (χ1v) is 8.74. The summed E-state index contributed by atoms with van der Waals surface area (Å²) in [7, 11) is 0. The van der Waals surface area contributed by atoms with Gasteiger partial charge in [0.05, 0.1) is 12.5 Å². The highest BCUT2D eigenvalue weighted by Gasteiger charge is 2.73. The van der Waals surface area contributed by atoms with Crippen LogP contribution >= 0.6 is 0 Å². The maximum absolute atomic E-state index is 4.91. The molecular formula is C17H22N6. The number of amidine groups is 1. The van der Waals surface area contributed by atoms with Crippen molar-refractivity contribution in [1.29, 1.82) is 0 Å². The molecule has 0 radical (unpaired) electrons. The van der Waals surface area contributed by atoms with E-state index in [0.717, 1.165) is 43.5 Å². The third-order valence-corrected chi connectivity index (χ3v) is 5.53. The molecule has 2 fully saturated rings. The molecule has 23 heavy (non-hydrogen) atoms. The number of likely N-dealkylation sites (tertiary alicyclic amines) is 1. The van der Waals surface area contributed by atoms with Crippen LogP contribution < -0.4 is 5.32 Å². The first-order chi connectivity index (χ1) is 11.3. The van der Waals surface area contributed by atoms with E-state index in [1.54, 1.807) is 0 Å². The van der Waals surface area contributed by atoms with Crippen molar-refractivity contribution in [1.82, 2.24) is 10.2 Å². The summed E-state index contributed by atoms with van der Waals surface area (Å²) < 4.78 is 0. The minimum atomic E-state index is -0.341. The number of fused-ring (bicyclic) bond motifs is 1. The Morgan fingerprint density at radius 1 is 1.30 bits per heavy atom. The van der Waals surface area contributed by atoms with Crippen molar-refractivity contribution in [3.63, 3.8) is 0 Å². The fraction of sp³-hybridized carbons (Fsp3) is 0.647. The molecule has 1 saturated carbocycles. The summed E-state index contributed by atoms with van der Waals surface area (Å²) in [5.74, 6) is 3.16. The third-order valence-electron chi connectivity index (χ3n) is 5.53. The van der Waals surface area contributed by atoms with Gasteiger partial charge in [-0.25, -0.2) is 4.99 Å². The van der Waals surface area contributed by atoms with Crippen molar-refractivity contribution >= 4 is 11.8 Å². The Balaban J connectivity index is 1.46. The molecule has 5 rings (SSSR count). The van der Waals surface area contributed by atoms with Crippen LogP contribution in [0.15, 0.2) is 44.1 Å². The Kier molecular flexibility index (Phi) is 2.78.